The van der Waals surface area contributed by atoms with Crippen molar-refractivity contribution in [1.82, 2.24) is 10.0 Å². The number of rotatable bonds is 5. The monoisotopic (exact) mass is 182 g/mol. The number of hydrazine groups is 1. The molecule has 0 aliphatic carbocycles. The van der Waals surface area contributed by atoms with Gasteiger partial charge in [0.05, 0.1) is 0 Å². The molecule has 0 fully saturated rings. The summed E-state index contributed by atoms with van der Waals surface area (Å²) in [6, 6.07) is 0. The molecule has 0 saturated heterocycles. The smallest absolute Gasteiger partial charge is 0.0379 e. The number of nitrogens with zero attached hydrogens (tertiary/aromatic N) is 2. The maximum atomic E-state index is 2.43. The lowest BCUT2D eigenvalue weighted by atomic mass is 10.2. The molecule has 0 spiro atoms. The molecule has 1 heterocycles. The Kier molecular flexibility index (Phi) is 4.29. The van der Waals surface area contributed by atoms with E-state index in [1.807, 2.05) is 0 Å². The first-order chi connectivity index (χ1) is 6.24. The first kappa shape index (κ1) is 10.6. The molecule has 0 atom stereocenters. The van der Waals surface area contributed by atoms with Crippen molar-refractivity contribution in [2.75, 3.05) is 19.6 Å². The van der Waals surface area contributed by atoms with Gasteiger partial charge in [-0.25, -0.2) is 5.01 Å². The second-order valence-corrected chi connectivity index (χ2v) is 4.17. The fraction of sp³-hybridized carbons (Fsp3) is 0.818. The van der Waals surface area contributed by atoms with Crippen molar-refractivity contribution in [2.45, 2.75) is 33.6 Å². The number of hydrogen-bond acceptors (Lipinski definition) is 2. The molecule has 0 amide bonds. The van der Waals surface area contributed by atoms with Crippen LogP contribution in [0.5, 0.6) is 0 Å². The normalized spacial score (nSPS) is 17.7. The molecule has 0 aromatic heterocycles. The van der Waals surface area contributed by atoms with Gasteiger partial charge in [-0.3, -0.25) is 0 Å². The Morgan fingerprint density at radius 2 is 2.15 bits per heavy atom. The molecular weight excluding hydrogens is 160 g/mol. The van der Waals surface area contributed by atoms with Gasteiger partial charge in [-0.2, -0.15) is 0 Å². The Hall–Kier alpha value is -0.500. The Bertz CT molecular complexity index is 163. The Morgan fingerprint density at radius 3 is 2.77 bits per heavy atom. The van der Waals surface area contributed by atoms with Crippen LogP contribution in [0.15, 0.2) is 12.3 Å². The number of unbranched alkanes of at least 4 members (excludes halogenated alkanes) is 1. The summed E-state index contributed by atoms with van der Waals surface area (Å²) in [5.74, 6) is 0.742. The van der Waals surface area contributed by atoms with Crippen LogP contribution in [-0.4, -0.2) is 29.7 Å². The molecule has 2 heteroatoms. The van der Waals surface area contributed by atoms with Gasteiger partial charge in [0.15, 0.2) is 0 Å². The third-order valence-electron chi connectivity index (χ3n) is 2.28. The maximum absolute atomic E-state index is 2.43. The fourth-order valence-electron chi connectivity index (χ4n) is 1.60. The van der Waals surface area contributed by atoms with Gasteiger partial charge in [0.1, 0.15) is 0 Å². The molecule has 1 aliphatic rings. The van der Waals surface area contributed by atoms with Gasteiger partial charge in [0, 0.05) is 25.8 Å². The standard InChI is InChI=1S/C11H22N2/c1-4-5-7-12-8-6-9-13(12)10-11(2)3/h6,9,11H,4-5,7-8,10H2,1-3H3. The van der Waals surface area contributed by atoms with Crippen LogP contribution >= 0.6 is 0 Å². The van der Waals surface area contributed by atoms with E-state index in [2.05, 4.69) is 43.1 Å². The summed E-state index contributed by atoms with van der Waals surface area (Å²) < 4.78 is 0. The van der Waals surface area contributed by atoms with Gasteiger partial charge >= 0.3 is 0 Å². The average molecular weight is 182 g/mol. The Balaban J connectivity index is 2.29. The molecule has 0 radical (unpaired) electrons. The highest BCUT2D eigenvalue weighted by molar-refractivity contribution is 4.91. The third kappa shape index (κ3) is 3.39. The predicted octanol–water partition coefficient (Wildman–Crippen LogP) is 2.49. The molecule has 0 aromatic rings. The van der Waals surface area contributed by atoms with Gasteiger partial charge in [-0.1, -0.05) is 33.3 Å². The van der Waals surface area contributed by atoms with E-state index in [4.69, 9.17) is 0 Å². The van der Waals surface area contributed by atoms with Crippen molar-refractivity contribution >= 4 is 0 Å². The zero-order chi connectivity index (χ0) is 9.68. The molecule has 0 saturated carbocycles. The molecule has 0 unspecified atom stereocenters. The van der Waals surface area contributed by atoms with Crippen LogP contribution in [0.1, 0.15) is 33.6 Å². The van der Waals surface area contributed by atoms with Crippen molar-refractivity contribution in [3.05, 3.63) is 12.3 Å². The van der Waals surface area contributed by atoms with Gasteiger partial charge < -0.3 is 5.01 Å². The number of hydrogen-bond donors (Lipinski definition) is 0. The summed E-state index contributed by atoms with van der Waals surface area (Å²) in [7, 11) is 0. The van der Waals surface area contributed by atoms with Crippen LogP contribution in [-0.2, 0) is 0 Å². The molecule has 76 valence electrons. The van der Waals surface area contributed by atoms with E-state index in [1.54, 1.807) is 0 Å². The Labute approximate surface area is 82.2 Å². The molecule has 0 aromatic carbocycles. The van der Waals surface area contributed by atoms with Gasteiger partial charge in [-0.15, -0.1) is 0 Å². The van der Waals surface area contributed by atoms with E-state index >= 15 is 0 Å². The molecule has 0 N–H and O–H groups in total. The lowest BCUT2D eigenvalue weighted by Gasteiger charge is -2.30. The quantitative estimate of drug-likeness (QED) is 0.644. The van der Waals surface area contributed by atoms with Crippen molar-refractivity contribution < 1.29 is 0 Å². The lowest BCUT2D eigenvalue weighted by Crippen LogP contribution is -2.38. The molecule has 2 nitrogen and oxygen atoms in total. The molecule has 1 rings (SSSR count). The highest BCUT2D eigenvalue weighted by atomic mass is 15.6. The van der Waals surface area contributed by atoms with Gasteiger partial charge in [0.2, 0.25) is 0 Å². The van der Waals surface area contributed by atoms with Crippen LogP contribution in [0, 0.1) is 5.92 Å². The molecule has 13 heavy (non-hydrogen) atoms. The van der Waals surface area contributed by atoms with Crippen LogP contribution < -0.4 is 0 Å². The van der Waals surface area contributed by atoms with Crippen molar-refractivity contribution in [3.8, 4) is 0 Å². The summed E-state index contributed by atoms with van der Waals surface area (Å²) in [5.41, 5.74) is 0. The van der Waals surface area contributed by atoms with Crippen molar-refractivity contribution in [1.29, 1.82) is 0 Å². The van der Waals surface area contributed by atoms with Gasteiger partial charge in [0.25, 0.3) is 0 Å². The zero-order valence-electron chi connectivity index (χ0n) is 9.16. The van der Waals surface area contributed by atoms with Crippen LogP contribution in [0.2, 0.25) is 0 Å². The minimum Gasteiger partial charge on any atom is -0.313 e. The molecule has 1 aliphatic heterocycles. The minimum absolute atomic E-state index is 0.742. The van der Waals surface area contributed by atoms with Crippen molar-refractivity contribution in [2.24, 2.45) is 5.92 Å². The second kappa shape index (κ2) is 5.28. The van der Waals surface area contributed by atoms with E-state index in [9.17, 15) is 0 Å². The first-order valence-electron chi connectivity index (χ1n) is 5.42. The van der Waals surface area contributed by atoms with Crippen LogP contribution in [0.25, 0.3) is 0 Å². The minimum atomic E-state index is 0.742. The predicted molar refractivity (Wildman–Crippen MR) is 57.2 cm³/mol. The topological polar surface area (TPSA) is 6.48 Å². The maximum Gasteiger partial charge on any atom is 0.0379 e. The third-order valence-corrected chi connectivity index (χ3v) is 2.28. The van der Waals surface area contributed by atoms with Crippen molar-refractivity contribution in [3.63, 3.8) is 0 Å². The van der Waals surface area contributed by atoms with Crippen LogP contribution in [0.4, 0.5) is 0 Å². The summed E-state index contributed by atoms with van der Waals surface area (Å²) in [5, 5.41) is 4.80. The largest absolute Gasteiger partial charge is 0.313 e. The van der Waals surface area contributed by atoms with E-state index in [0.717, 1.165) is 19.0 Å². The fourth-order valence-corrected chi connectivity index (χ4v) is 1.60. The Morgan fingerprint density at radius 1 is 1.38 bits per heavy atom. The lowest BCUT2D eigenvalue weighted by molar-refractivity contribution is 0.0399. The SMILES string of the molecule is CCCCN1CC=CN1CC(C)C. The highest BCUT2D eigenvalue weighted by Crippen LogP contribution is 2.11. The van der Waals surface area contributed by atoms with Gasteiger partial charge in [-0.05, 0) is 12.3 Å². The zero-order valence-corrected chi connectivity index (χ0v) is 9.16. The van der Waals surface area contributed by atoms with E-state index in [-0.39, 0.29) is 0 Å². The van der Waals surface area contributed by atoms with E-state index in [0.29, 0.717) is 0 Å². The second-order valence-electron chi connectivity index (χ2n) is 4.17. The highest BCUT2D eigenvalue weighted by Gasteiger charge is 2.15. The van der Waals surface area contributed by atoms with E-state index < -0.39 is 0 Å². The average Bonchev–Trinajstić information content (AvgIpc) is 2.48. The summed E-state index contributed by atoms with van der Waals surface area (Å²) in [6.45, 7) is 10.2. The van der Waals surface area contributed by atoms with E-state index in [1.165, 1.54) is 19.4 Å². The molecule has 0 bridgehead atoms. The molecular formula is C11H22N2. The van der Waals surface area contributed by atoms with Crippen LogP contribution in [0.3, 0.4) is 0 Å². The summed E-state index contributed by atoms with van der Waals surface area (Å²) >= 11 is 0. The summed E-state index contributed by atoms with van der Waals surface area (Å²) in [4.78, 5) is 0. The first-order valence-corrected chi connectivity index (χ1v) is 5.42. The summed E-state index contributed by atoms with van der Waals surface area (Å²) in [6.07, 6.45) is 7.05.